The van der Waals surface area contributed by atoms with Gasteiger partial charge in [0.15, 0.2) is 15.3 Å². The zero-order chi connectivity index (χ0) is 21.4. The molecular weight excluding hydrogens is 419 g/mol. The molecule has 2 aromatic rings. The summed E-state index contributed by atoms with van der Waals surface area (Å²) in [5, 5.41) is 3.45. The molecule has 10 heteroatoms. The Morgan fingerprint density at radius 1 is 1.17 bits per heavy atom. The predicted octanol–water partition coefficient (Wildman–Crippen LogP) is 3.54. The molecule has 6 nitrogen and oxygen atoms in total. The van der Waals surface area contributed by atoms with E-state index in [1.807, 2.05) is 0 Å². The Balaban J connectivity index is 1.48. The number of sulfonamides is 1. The standard InChI is InChI=1S/C20H22F3N3O3S/c21-20(22,23)29-16-8-6-15(7-9-16)12-26-11-3-10-19(14-26)13-24-30(27,28)18-5-2-1-4-17(18)25-19/h1-2,4-9,25H,3,10-14H2,(H-,24,27,28). The van der Waals surface area contributed by atoms with E-state index in [0.717, 1.165) is 24.9 Å². The number of piperidine rings is 1. The monoisotopic (exact) mass is 441 g/mol. The van der Waals surface area contributed by atoms with Crippen molar-refractivity contribution in [1.82, 2.24) is 9.62 Å². The Hall–Kier alpha value is -2.14. The number of ether oxygens (including phenoxy) is 1. The lowest BCUT2D eigenvalue weighted by Gasteiger charge is -2.42. The molecule has 2 aliphatic heterocycles. The molecule has 4 rings (SSSR count). The summed E-state index contributed by atoms with van der Waals surface area (Å²) in [5.74, 6) is -0.252. The molecule has 0 aliphatic carbocycles. The first-order valence-electron chi connectivity index (χ1n) is 9.58. The van der Waals surface area contributed by atoms with E-state index in [1.165, 1.54) is 12.1 Å². The van der Waals surface area contributed by atoms with Gasteiger partial charge in [0, 0.05) is 13.1 Å². The van der Waals surface area contributed by atoms with Crippen molar-refractivity contribution < 1.29 is 26.7 Å². The van der Waals surface area contributed by atoms with Gasteiger partial charge in [-0.05, 0) is 49.2 Å². The lowest BCUT2D eigenvalue weighted by Crippen LogP contribution is -2.57. The molecule has 0 saturated carbocycles. The van der Waals surface area contributed by atoms with Crippen LogP contribution in [0.5, 0.6) is 5.75 Å². The first kappa shape index (κ1) is 21.1. The van der Waals surface area contributed by atoms with E-state index < -0.39 is 22.3 Å². The summed E-state index contributed by atoms with van der Waals surface area (Å²) in [6.45, 7) is 2.23. The Morgan fingerprint density at radius 2 is 1.90 bits per heavy atom. The van der Waals surface area contributed by atoms with Gasteiger partial charge in [0.1, 0.15) is 5.75 Å². The predicted molar refractivity (Wildman–Crippen MR) is 106 cm³/mol. The number of rotatable bonds is 3. The topological polar surface area (TPSA) is 76.7 Å². The van der Waals surface area contributed by atoms with E-state index in [-0.39, 0.29) is 17.2 Å². The average Bonchev–Trinajstić information content (AvgIpc) is 2.77. The Morgan fingerprint density at radius 3 is 2.63 bits per heavy atom. The number of nitrogens with zero attached hydrogens (tertiary/aromatic N) is 1. The lowest BCUT2D eigenvalue weighted by atomic mass is 9.88. The Labute approximate surface area is 173 Å². The highest BCUT2D eigenvalue weighted by Gasteiger charge is 2.42. The van der Waals surface area contributed by atoms with Crippen molar-refractivity contribution in [3.63, 3.8) is 0 Å². The third-order valence-electron chi connectivity index (χ3n) is 5.40. The van der Waals surface area contributed by atoms with Crippen LogP contribution in [-0.4, -0.2) is 41.0 Å². The fraction of sp³-hybridized carbons (Fsp3) is 0.400. The highest BCUT2D eigenvalue weighted by molar-refractivity contribution is 7.96. The van der Waals surface area contributed by atoms with Crippen molar-refractivity contribution in [2.75, 3.05) is 25.0 Å². The minimum absolute atomic E-state index is 0.235. The normalized spacial score (nSPS) is 27.2. The molecule has 1 spiro atoms. The summed E-state index contributed by atoms with van der Waals surface area (Å²) in [6.07, 6.45) is -3.04. The van der Waals surface area contributed by atoms with Crippen molar-refractivity contribution in [2.24, 2.45) is 0 Å². The maximum Gasteiger partial charge on any atom is 0.573 e. The Bertz CT molecular complexity index is 954. The first-order valence-corrected chi connectivity index (χ1v) is 11.1. The van der Waals surface area contributed by atoms with Crippen LogP contribution >= 0.6 is 0 Å². The molecule has 2 N–H and O–H groups in total. The van der Waals surface area contributed by atoms with Crippen LogP contribution in [0.1, 0.15) is 18.4 Å². The fourth-order valence-electron chi connectivity index (χ4n) is 4.11. The van der Waals surface area contributed by atoms with Gasteiger partial charge in [-0.3, -0.25) is 4.90 Å². The van der Waals surface area contributed by atoms with Crippen molar-refractivity contribution in [1.29, 1.82) is 0 Å². The molecule has 1 fully saturated rings. The van der Waals surface area contributed by atoms with Crippen molar-refractivity contribution >= 4 is 16.1 Å². The van der Waals surface area contributed by atoms with Gasteiger partial charge in [-0.25, -0.2) is 0 Å². The van der Waals surface area contributed by atoms with Crippen molar-refractivity contribution in [3.8, 4) is 5.75 Å². The molecule has 2 aliphatic rings. The van der Waals surface area contributed by atoms with Crippen LogP contribution in [0.4, 0.5) is 18.9 Å². The number of halogens is 3. The molecular formula is C20H22F3N3O3S. The van der Waals surface area contributed by atoms with Crippen molar-refractivity contribution in [3.05, 3.63) is 54.1 Å². The molecule has 0 amide bonds. The van der Waals surface area contributed by atoms with E-state index in [4.69, 9.17) is 0 Å². The summed E-state index contributed by atoms with van der Waals surface area (Å²) in [6, 6.07) is 12.7. The summed E-state index contributed by atoms with van der Waals surface area (Å²) >= 11 is 0. The SMILES string of the molecule is O=[S+]1([O-])NCC2(CCCN(Cc3ccc(OC(F)(F)F)cc3)C2)Nc2ccccc21. The number of hydrogen-bond acceptors (Lipinski definition) is 5. The van der Waals surface area contributed by atoms with Crippen LogP contribution in [0.2, 0.25) is 0 Å². The van der Waals surface area contributed by atoms with Crippen molar-refractivity contribution in [2.45, 2.75) is 36.2 Å². The maximum atomic E-state index is 12.6. The Kier molecular flexibility index (Phi) is 5.52. The number of likely N-dealkylation sites (tertiary alicyclic amines) is 1. The van der Waals surface area contributed by atoms with Gasteiger partial charge in [0.05, 0.1) is 17.8 Å². The summed E-state index contributed by atoms with van der Waals surface area (Å²) in [7, 11) is -3.59. The highest BCUT2D eigenvalue weighted by Crippen LogP contribution is 2.34. The van der Waals surface area contributed by atoms with E-state index in [9.17, 15) is 21.9 Å². The van der Waals surface area contributed by atoms with Crippen LogP contribution in [0, 0.1) is 0 Å². The van der Waals surface area contributed by atoms with E-state index in [0.29, 0.717) is 18.8 Å². The number of hydrogen-bond donors (Lipinski definition) is 2. The third-order valence-corrected chi connectivity index (χ3v) is 6.86. The second-order valence-electron chi connectivity index (χ2n) is 7.73. The van der Waals surface area contributed by atoms with Crippen LogP contribution in [0.25, 0.3) is 0 Å². The molecule has 30 heavy (non-hydrogen) atoms. The smallest absolute Gasteiger partial charge is 0.573 e. The minimum Gasteiger partial charge on any atom is -0.593 e. The molecule has 2 heterocycles. The van der Waals surface area contributed by atoms with E-state index in [1.54, 1.807) is 36.4 Å². The number of benzene rings is 2. The molecule has 2 aromatic carbocycles. The summed E-state index contributed by atoms with van der Waals surface area (Å²) in [4.78, 5) is 2.41. The minimum atomic E-state index is -4.71. The van der Waals surface area contributed by atoms with E-state index in [2.05, 4.69) is 19.7 Å². The number of fused-ring (bicyclic) bond motifs is 1. The van der Waals surface area contributed by atoms with Crippen LogP contribution in [0.3, 0.4) is 0 Å². The van der Waals surface area contributed by atoms with Gasteiger partial charge in [0.2, 0.25) is 0 Å². The van der Waals surface area contributed by atoms with Crippen LogP contribution < -0.4 is 14.8 Å². The third kappa shape index (κ3) is 4.77. The lowest BCUT2D eigenvalue weighted by molar-refractivity contribution is -0.274. The quantitative estimate of drug-likeness (QED) is 0.713. The van der Waals surface area contributed by atoms with Gasteiger partial charge in [-0.1, -0.05) is 28.5 Å². The second kappa shape index (κ2) is 7.84. The average molecular weight is 441 g/mol. The maximum absolute atomic E-state index is 12.6. The molecule has 1 saturated heterocycles. The van der Waals surface area contributed by atoms with Gasteiger partial charge in [-0.2, -0.15) is 0 Å². The first-order chi connectivity index (χ1) is 14.1. The zero-order valence-corrected chi connectivity index (χ0v) is 16.9. The van der Waals surface area contributed by atoms with Gasteiger partial charge in [0.25, 0.3) is 0 Å². The summed E-state index contributed by atoms with van der Waals surface area (Å²) < 4.78 is 68.7. The fourth-order valence-corrected chi connectivity index (χ4v) is 5.40. The van der Waals surface area contributed by atoms with Crippen LogP contribution in [0.15, 0.2) is 53.4 Å². The molecule has 2 unspecified atom stereocenters. The van der Waals surface area contributed by atoms with Gasteiger partial charge in [-0.15, -0.1) is 17.9 Å². The highest BCUT2D eigenvalue weighted by atomic mass is 32.3. The van der Waals surface area contributed by atoms with Gasteiger partial charge >= 0.3 is 6.36 Å². The number of anilines is 1. The molecule has 162 valence electrons. The molecule has 0 bridgehead atoms. The second-order valence-corrected chi connectivity index (χ2v) is 9.47. The number of alkyl halides is 3. The summed E-state index contributed by atoms with van der Waals surface area (Å²) in [5.41, 5.74) is 0.978. The zero-order valence-electron chi connectivity index (χ0n) is 16.1. The van der Waals surface area contributed by atoms with Gasteiger partial charge < -0.3 is 14.6 Å². The largest absolute Gasteiger partial charge is 0.593 e. The molecule has 0 aromatic heterocycles. The number of para-hydroxylation sites is 1. The molecule has 0 radical (unpaired) electrons. The number of nitrogens with one attached hydrogen (secondary N) is 2. The van der Waals surface area contributed by atoms with Crippen LogP contribution in [-0.2, 0) is 21.2 Å². The molecule has 2 atom stereocenters. The van der Waals surface area contributed by atoms with E-state index >= 15 is 0 Å².